The first kappa shape index (κ1) is 41.5. The van der Waals surface area contributed by atoms with Gasteiger partial charge in [0, 0.05) is 13.1 Å². The third-order valence-electron chi connectivity index (χ3n) is 6.23. The van der Waals surface area contributed by atoms with Crippen molar-refractivity contribution < 1.29 is 48.8 Å². The monoisotopic (exact) mass is 647 g/mol. The molecule has 1 amide bonds. The summed E-state index contributed by atoms with van der Waals surface area (Å²) < 4.78 is 10.3. The van der Waals surface area contributed by atoms with E-state index in [1.54, 1.807) is 4.90 Å². The third-order valence-corrected chi connectivity index (χ3v) is 6.23. The third kappa shape index (κ3) is 19.7. The molecule has 7 N–H and O–H groups in total. The van der Waals surface area contributed by atoms with E-state index in [9.17, 15) is 24.0 Å². The minimum Gasteiger partial charge on any atom is -0.481 e. The molecule has 0 radical (unpaired) electrons. The first-order chi connectivity index (χ1) is 21.5. The SMILES string of the molecule is C=CC[C@@H](CC(=O)OCc1ccccc1)C(=O)O.C=CC[C@@H](N)C(=O)O.CC(C)(C)OC(=O)N1CCC(=CC[C@@H](N)C(=O)O)CC1. The van der Waals surface area contributed by atoms with Crippen LogP contribution < -0.4 is 11.5 Å². The number of likely N-dealkylation sites (tertiary alicyclic amines) is 1. The highest BCUT2D eigenvalue weighted by Crippen LogP contribution is 2.19. The van der Waals surface area contributed by atoms with Crippen molar-refractivity contribution in [3.8, 4) is 0 Å². The number of allylic oxidation sites excluding steroid dienone is 1. The lowest BCUT2D eigenvalue weighted by molar-refractivity contribution is -0.152. The molecule has 1 aromatic rings. The number of nitrogens with zero attached hydrogens (tertiary/aromatic N) is 1. The Bertz CT molecular complexity index is 1170. The van der Waals surface area contributed by atoms with Crippen molar-refractivity contribution in [2.24, 2.45) is 17.4 Å². The van der Waals surface area contributed by atoms with Crippen LogP contribution in [0.3, 0.4) is 0 Å². The van der Waals surface area contributed by atoms with Gasteiger partial charge < -0.3 is 41.2 Å². The summed E-state index contributed by atoms with van der Waals surface area (Å²) in [6.45, 7) is 13.7. The Kier molecular flexibility index (Phi) is 19.9. The molecule has 46 heavy (non-hydrogen) atoms. The van der Waals surface area contributed by atoms with Gasteiger partial charge in [0.05, 0.1) is 12.3 Å². The van der Waals surface area contributed by atoms with E-state index in [0.717, 1.165) is 24.0 Å². The molecule has 2 rings (SSSR count). The molecule has 1 aromatic carbocycles. The highest BCUT2D eigenvalue weighted by atomic mass is 16.6. The first-order valence-electron chi connectivity index (χ1n) is 14.8. The van der Waals surface area contributed by atoms with E-state index in [1.807, 2.05) is 57.2 Å². The van der Waals surface area contributed by atoms with Gasteiger partial charge >= 0.3 is 30.0 Å². The van der Waals surface area contributed by atoms with E-state index in [4.69, 9.17) is 36.3 Å². The molecule has 0 spiro atoms. The number of carboxylic acids is 3. The number of hydrogen-bond acceptors (Lipinski definition) is 9. The molecule has 0 unspecified atom stereocenters. The lowest BCUT2D eigenvalue weighted by atomic mass is 10.0. The van der Waals surface area contributed by atoms with E-state index >= 15 is 0 Å². The largest absolute Gasteiger partial charge is 0.481 e. The molecule has 0 aliphatic carbocycles. The Hall–Kier alpha value is -4.49. The van der Waals surface area contributed by atoms with Gasteiger partial charge in [-0.05, 0) is 58.4 Å². The number of carboxylic acid groups (broad SMARTS) is 3. The molecular weight excluding hydrogens is 598 g/mol. The number of amides is 1. The number of piperidine rings is 1. The Morgan fingerprint density at radius 3 is 1.83 bits per heavy atom. The maximum Gasteiger partial charge on any atom is 0.410 e. The first-order valence-corrected chi connectivity index (χ1v) is 14.8. The second-order valence-corrected chi connectivity index (χ2v) is 11.4. The molecule has 0 aromatic heterocycles. The highest BCUT2D eigenvalue weighted by molar-refractivity contribution is 5.79. The van der Waals surface area contributed by atoms with Crippen LogP contribution in [0.5, 0.6) is 0 Å². The summed E-state index contributed by atoms with van der Waals surface area (Å²) in [5.74, 6) is -4.25. The minimum absolute atomic E-state index is 0.131. The summed E-state index contributed by atoms with van der Waals surface area (Å²) >= 11 is 0. The van der Waals surface area contributed by atoms with Crippen LogP contribution in [0.15, 0.2) is 67.3 Å². The average Bonchev–Trinajstić information content (AvgIpc) is 2.99. The van der Waals surface area contributed by atoms with Crippen molar-refractivity contribution >= 4 is 30.0 Å². The Balaban J connectivity index is 0.000000718. The Morgan fingerprint density at radius 1 is 0.870 bits per heavy atom. The van der Waals surface area contributed by atoms with Gasteiger partial charge in [-0.2, -0.15) is 0 Å². The van der Waals surface area contributed by atoms with Gasteiger partial charge in [-0.3, -0.25) is 19.2 Å². The van der Waals surface area contributed by atoms with Crippen LogP contribution in [0.25, 0.3) is 0 Å². The molecule has 0 saturated carbocycles. The van der Waals surface area contributed by atoms with Gasteiger partial charge in [0.25, 0.3) is 0 Å². The molecule has 1 saturated heterocycles. The van der Waals surface area contributed by atoms with E-state index < -0.39 is 47.5 Å². The lowest BCUT2D eigenvalue weighted by Gasteiger charge is -2.31. The maximum atomic E-state index is 11.9. The van der Waals surface area contributed by atoms with Crippen molar-refractivity contribution in [1.29, 1.82) is 0 Å². The van der Waals surface area contributed by atoms with Crippen LogP contribution in [-0.4, -0.2) is 81.0 Å². The molecule has 0 bridgehead atoms. The summed E-state index contributed by atoms with van der Waals surface area (Å²) in [6, 6.07) is 7.61. The molecule has 1 aliphatic rings. The smallest absolute Gasteiger partial charge is 0.410 e. The Labute approximate surface area is 270 Å². The zero-order valence-electron chi connectivity index (χ0n) is 26.9. The second-order valence-electron chi connectivity index (χ2n) is 11.4. The van der Waals surface area contributed by atoms with Gasteiger partial charge in [-0.1, -0.05) is 54.1 Å². The van der Waals surface area contributed by atoms with E-state index in [1.165, 1.54) is 12.2 Å². The fourth-order valence-electron chi connectivity index (χ4n) is 3.65. The molecule has 13 heteroatoms. The van der Waals surface area contributed by atoms with Gasteiger partial charge in [0.15, 0.2) is 0 Å². The minimum atomic E-state index is -1.01. The predicted octanol–water partition coefficient (Wildman–Crippen LogP) is 4.12. The van der Waals surface area contributed by atoms with Crippen LogP contribution >= 0.6 is 0 Å². The Morgan fingerprint density at radius 2 is 1.39 bits per heavy atom. The zero-order valence-corrected chi connectivity index (χ0v) is 26.9. The summed E-state index contributed by atoms with van der Waals surface area (Å²) in [5, 5.41) is 25.7. The summed E-state index contributed by atoms with van der Waals surface area (Å²) in [7, 11) is 0. The van der Waals surface area contributed by atoms with Crippen molar-refractivity contribution in [3.05, 3.63) is 72.9 Å². The molecule has 256 valence electrons. The van der Waals surface area contributed by atoms with Crippen LogP contribution in [0.2, 0.25) is 0 Å². The normalized spacial score (nSPS) is 14.4. The van der Waals surface area contributed by atoms with Gasteiger partial charge in [-0.25, -0.2) is 4.79 Å². The number of benzene rings is 1. The zero-order chi connectivity index (χ0) is 35.3. The number of carbonyl (C=O) groups excluding carboxylic acids is 2. The van der Waals surface area contributed by atoms with Crippen LogP contribution in [0.4, 0.5) is 4.79 Å². The number of aliphatic carboxylic acids is 3. The van der Waals surface area contributed by atoms with Crippen molar-refractivity contribution in [3.63, 3.8) is 0 Å². The second kappa shape index (κ2) is 22.1. The van der Waals surface area contributed by atoms with Crippen molar-refractivity contribution in [1.82, 2.24) is 4.90 Å². The number of hydrogen-bond donors (Lipinski definition) is 5. The molecule has 1 aliphatic heterocycles. The van der Waals surface area contributed by atoms with Gasteiger partial charge in [0.2, 0.25) is 0 Å². The number of rotatable bonds is 13. The predicted molar refractivity (Wildman–Crippen MR) is 173 cm³/mol. The summed E-state index contributed by atoms with van der Waals surface area (Å²) in [5.41, 5.74) is 12.1. The fourth-order valence-corrected chi connectivity index (χ4v) is 3.65. The quantitative estimate of drug-likeness (QED) is 0.151. The number of ether oxygens (including phenoxy) is 2. The van der Waals surface area contributed by atoms with Crippen molar-refractivity contribution in [2.45, 2.75) is 83.6 Å². The molecule has 3 atom stereocenters. The summed E-state index contributed by atoms with van der Waals surface area (Å²) in [6.07, 6.45) is 6.83. The number of esters is 1. The highest BCUT2D eigenvalue weighted by Gasteiger charge is 2.25. The van der Waals surface area contributed by atoms with Gasteiger partial charge in [-0.15, -0.1) is 13.2 Å². The van der Waals surface area contributed by atoms with E-state index in [-0.39, 0.29) is 25.5 Å². The van der Waals surface area contributed by atoms with Crippen LogP contribution in [0, 0.1) is 5.92 Å². The van der Waals surface area contributed by atoms with E-state index in [0.29, 0.717) is 25.9 Å². The topological polar surface area (TPSA) is 220 Å². The van der Waals surface area contributed by atoms with Gasteiger partial charge in [0.1, 0.15) is 24.3 Å². The van der Waals surface area contributed by atoms with Crippen LogP contribution in [0.1, 0.15) is 64.9 Å². The molecule has 13 nitrogen and oxygen atoms in total. The average molecular weight is 648 g/mol. The number of carbonyl (C=O) groups is 5. The van der Waals surface area contributed by atoms with Crippen molar-refractivity contribution in [2.75, 3.05) is 13.1 Å². The number of nitrogens with two attached hydrogens (primary N) is 2. The molecular formula is C33H49N3O10. The molecule has 1 fully saturated rings. The fraction of sp³-hybridized carbons (Fsp3) is 0.485. The summed E-state index contributed by atoms with van der Waals surface area (Å²) in [4.78, 5) is 56.4. The van der Waals surface area contributed by atoms with Crippen LogP contribution in [-0.2, 0) is 35.3 Å². The lowest BCUT2D eigenvalue weighted by Crippen LogP contribution is -2.40. The van der Waals surface area contributed by atoms with E-state index in [2.05, 4.69) is 13.2 Å². The maximum absolute atomic E-state index is 11.9. The standard InChI is InChI=1S/C14H24N2O4.C14H16O4.C5H9NO2/c1-14(2,3)20-13(19)16-8-6-10(7-9-16)4-5-11(15)12(17)18;1-2-6-12(14(16)17)9-13(15)18-10-11-7-4-3-5-8-11;1-2-3-4(6)5(7)8/h4,11H,5-9,15H2,1-3H3,(H,17,18);2-5,7-8,12H,1,6,9-10H2,(H,16,17);2,4H,1,3,6H2,(H,7,8)/t11-;12-;4-/m101/s1. The molecule has 1 heterocycles.